The quantitative estimate of drug-likeness (QED) is 0.834. The lowest BCUT2D eigenvalue weighted by Gasteiger charge is -2.40. The van der Waals surface area contributed by atoms with Crippen LogP contribution in [0.1, 0.15) is 32.3 Å². The molecule has 138 valence electrons. The van der Waals surface area contributed by atoms with Crippen LogP contribution in [-0.4, -0.2) is 48.8 Å². The summed E-state index contributed by atoms with van der Waals surface area (Å²) < 4.78 is 11.4. The molecule has 0 radical (unpaired) electrons. The average Bonchev–Trinajstić information content (AvgIpc) is 3.10. The third-order valence-electron chi connectivity index (χ3n) is 5.00. The summed E-state index contributed by atoms with van der Waals surface area (Å²) in [5, 5.41) is 11.6. The predicted octanol–water partition coefficient (Wildman–Crippen LogP) is 1.89. The zero-order valence-corrected chi connectivity index (χ0v) is 15.1. The molecule has 2 aliphatic rings. The molecule has 2 fully saturated rings. The molecular formula is C19H23N3O4. The van der Waals surface area contributed by atoms with Gasteiger partial charge < -0.3 is 19.7 Å². The van der Waals surface area contributed by atoms with Crippen molar-refractivity contribution < 1.29 is 19.1 Å². The standard InChI is InChI=1S/C19H23N3O4/c1-18(2,16(23)21-15-5-3-14(13-20)4-6-15)17(24)22-9-7-19(8-10-22)25-11-12-26-19/h3-6H,7-12H2,1-2H3,(H,21,23). The molecule has 1 N–H and O–H groups in total. The van der Waals surface area contributed by atoms with Gasteiger partial charge in [-0.1, -0.05) is 0 Å². The van der Waals surface area contributed by atoms with Gasteiger partial charge in [-0.05, 0) is 38.1 Å². The molecule has 7 nitrogen and oxygen atoms in total. The molecule has 2 amide bonds. The van der Waals surface area contributed by atoms with Gasteiger partial charge in [-0.3, -0.25) is 9.59 Å². The molecule has 1 aromatic rings. The number of hydrogen-bond acceptors (Lipinski definition) is 5. The van der Waals surface area contributed by atoms with Gasteiger partial charge in [0.1, 0.15) is 5.41 Å². The van der Waals surface area contributed by atoms with Crippen LogP contribution in [0, 0.1) is 16.7 Å². The van der Waals surface area contributed by atoms with Crippen LogP contribution in [0.4, 0.5) is 5.69 Å². The number of nitrogens with one attached hydrogen (secondary N) is 1. The van der Waals surface area contributed by atoms with E-state index in [9.17, 15) is 9.59 Å². The van der Waals surface area contributed by atoms with Crippen molar-refractivity contribution in [3.05, 3.63) is 29.8 Å². The molecule has 0 unspecified atom stereocenters. The fourth-order valence-electron chi connectivity index (χ4n) is 3.24. The first-order valence-corrected chi connectivity index (χ1v) is 8.75. The van der Waals surface area contributed by atoms with E-state index in [0.717, 1.165) is 0 Å². The average molecular weight is 357 g/mol. The topological polar surface area (TPSA) is 91.7 Å². The minimum atomic E-state index is -1.20. The number of piperidine rings is 1. The van der Waals surface area contributed by atoms with E-state index in [-0.39, 0.29) is 11.8 Å². The molecule has 3 rings (SSSR count). The third kappa shape index (κ3) is 3.57. The number of likely N-dealkylation sites (tertiary alicyclic amines) is 1. The number of rotatable bonds is 3. The summed E-state index contributed by atoms with van der Waals surface area (Å²) in [6.07, 6.45) is 1.23. The van der Waals surface area contributed by atoms with Crippen molar-refractivity contribution >= 4 is 17.5 Å². The largest absolute Gasteiger partial charge is 0.347 e. The van der Waals surface area contributed by atoms with Crippen molar-refractivity contribution in [1.82, 2.24) is 4.90 Å². The molecule has 2 heterocycles. The molecule has 2 aliphatic heterocycles. The van der Waals surface area contributed by atoms with Gasteiger partial charge in [-0.15, -0.1) is 0 Å². The number of ether oxygens (including phenoxy) is 2. The summed E-state index contributed by atoms with van der Waals surface area (Å²) in [6.45, 7) is 5.44. The molecular weight excluding hydrogens is 334 g/mol. The van der Waals surface area contributed by atoms with Crippen LogP contribution in [0.5, 0.6) is 0 Å². The molecule has 0 aliphatic carbocycles. The van der Waals surface area contributed by atoms with Crippen molar-refractivity contribution in [1.29, 1.82) is 5.26 Å². The van der Waals surface area contributed by atoms with E-state index in [1.54, 1.807) is 43.0 Å². The lowest BCUT2D eigenvalue weighted by atomic mass is 9.88. The van der Waals surface area contributed by atoms with E-state index in [4.69, 9.17) is 14.7 Å². The maximum atomic E-state index is 12.9. The first-order chi connectivity index (χ1) is 12.4. The van der Waals surface area contributed by atoms with E-state index < -0.39 is 11.2 Å². The Morgan fingerprint density at radius 1 is 1.15 bits per heavy atom. The Morgan fingerprint density at radius 2 is 1.73 bits per heavy atom. The summed E-state index contributed by atoms with van der Waals surface area (Å²) in [7, 11) is 0. The SMILES string of the molecule is CC(C)(C(=O)Nc1ccc(C#N)cc1)C(=O)N1CCC2(CC1)OCCO2. The van der Waals surface area contributed by atoms with Crippen molar-refractivity contribution in [2.45, 2.75) is 32.5 Å². The fraction of sp³-hybridized carbons (Fsp3) is 0.526. The summed E-state index contributed by atoms with van der Waals surface area (Å²) in [4.78, 5) is 27.2. The molecule has 0 bridgehead atoms. The van der Waals surface area contributed by atoms with Gasteiger partial charge in [-0.25, -0.2) is 0 Å². The molecule has 1 aromatic carbocycles. The van der Waals surface area contributed by atoms with Gasteiger partial charge in [0.25, 0.3) is 0 Å². The van der Waals surface area contributed by atoms with Gasteiger partial charge in [-0.2, -0.15) is 5.26 Å². The van der Waals surface area contributed by atoms with E-state index in [2.05, 4.69) is 5.32 Å². The third-order valence-corrected chi connectivity index (χ3v) is 5.00. The highest BCUT2D eigenvalue weighted by molar-refractivity contribution is 6.09. The van der Waals surface area contributed by atoms with E-state index in [1.165, 1.54) is 0 Å². The van der Waals surface area contributed by atoms with Gasteiger partial charge >= 0.3 is 0 Å². The number of nitrogens with zero attached hydrogens (tertiary/aromatic N) is 2. The fourth-order valence-corrected chi connectivity index (χ4v) is 3.24. The predicted molar refractivity (Wildman–Crippen MR) is 94.0 cm³/mol. The Labute approximate surface area is 152 Å². The lowest BCUT2D eigenvalue weighted by Crippen LogP contribution is -2.53. The van der Waals surface area contributed by atoms with Crippen LogP contribution in [-0.2, 0) is 19.1 Å². The van der Waals surface area contributed by atoms with E-state index in [0.29, 0.717) is 50.4 Å². The molecule has 0 atom stereocenters. The van der Waals surface area contributed by atoms with E-state index in [1.807, 2.05) is 6.07 Å². The number of anilines is 1. The molecule has 26 heavy (non-hydrogen) atoms. The van der Waals surface area contributed by atoms with Crippen LogP contribution in [0.25, 0.3) is 0 Å². The molecule has 2 saturated heterocycles. The Balaban J connectivity index is 1.61. The van der Waals surface area contributed by atoms with Crippen LogP contribution < -0.4 is 5.32 Å². The second kappa shape index (κ2) is 7.06. The first kappa shape index (κ1) is 18.4. The lowest BCUT2D eigenvalue weighted by molar-refractivity contribution is -0.189. The molecule has 7 heteroatoms. The summed E-state index contributed by atoms with van der Waals surface area (Å²) in [5.41, 5.74) is -0.132. The van der Waals surface area contributed by atoms with Gasteiger partial charge in [0.15, 0.2) is 5.79 Å². The van der Waals surface area contributed by atoms with Crippen LogP contribution in [0.2, 0.25) is 0 Å². The highest BCUT2D eigenvalue weighted by Gasteiger charge is 2.45. The van der Waals surface area contributed by atoms with Crippen molar-refractivity contribution in [2.75, 3.05) is 31.6 Å². The summed E-state index contributed by atoms with van der Waals surface area (Å²) >= 11 is 0. The van der Waals surface area contributed by atoms with Crippen molar-refractivity contribution in [3.63, 3.8) is 0 Å². The number of hydrogen-bond donors (Lipinski definition) is 1. The zero-order valence-electron chi connectivity index (χ0n) is 15.1. The highest BCUT2D eigenvalue weighted by Crippen LogP contribution is 2.33. The Morgan fingerprint density at radius 3 is 2.27 bits per heavy atom. The number of carbonyl (C=O) groups is 2. The number of amides is 2. The van der Waals surface area contributed by atoms with Crippen molar-refractivity contribution in [2.24, 2.45) is 5.41 Å². The smallest absolute Gasteiger partial charge is 0.239 e. The number of nitriles is 1. The maximum absolute atomic E-state index is 12.9. The second-order valence-corrected chi connectivity index (χ2v) is 7.17. The van der Waals surface area contributed by atoms with Crippen LogP contribution in [0.3, 0.4) is 0 Å². The molecule has 0 saturated carbocycles. The van der Waals surface area contributed by atoms with E-state index >= 15 is 0 Å². The number of benzene rings is 1. The normalized spacial score (nSPS) is 19.2. The second-order valence-electron chi connectivity index (χ2n) is 7.17. The van der Waals surface area contributed by atoms with Gasteiger partial charge in [0.05, 0.1) is 24.8 Å². The van der Waals surface area contributed by atoms with Gasteiger partial charge in [0.2, 0.25) is 11.8 Å². The first-order valence-electron chi connectivity index (χ1n) is 8.75. The Bertz CT molecular complexity index is 720. The summed E-state index contributed by atoms with van der Waals surface area (Å²) in [6, 6.07) is 8.57. The monoisotopic (exact) mass is 357 g/mol. The summed E-state index contributed by atoms with van der Waals surface area (Å²) in [5.74, 6) is -1.14. The molecule has 0 aromatic heterocycles. The minimum Gasteiger partial charge on any atom is -0.347 e. The van der Waals surface area contributed by atoms with Crippen LogP contribution >= 0.6 is 0 Å². The Hall–Kier alpha value is -2.43. The number of carbonyl (C=O) groups excluding carboxylic acids is 2. The van der Waals surface area contributed by atoms with Gasteiger partial charge in [0, 0.05) is 31.6 Å². The maximum Gasteiger partial charge on any atom is 0.239 e. The Kier molecular flexibility index (Phi) is 4.99. The highest BCUT2D eigenvalue weighted by atomic mass is 16.7. The van der Waals surface area contributed by atoms with Crippen molar-refractivity contribution in [3.8, 4) is 6.07 Å². The zero-order chi connectivity index (χ0) is 18.8. The molecule has 1 spiro atoms. The van der Waals surface area contributed by atoms with Crippen LogP contribution in [0.15, 0.2) is 24.3 Å². The minimum absolute atomic E-state index is 0.212.